The number of hydrogen-bond acceptors (Lipinski definition) is 2. The lowest BCUT2D eigenvalue weighted by Crippen LogP contribution is -2.01. The van der Waals surface area contributed by atoms with Crippen LogP contribution in [0.15, 0.2) is 41.7 Å². The molecule has 0 bridgehead atoms. The average molecular weight is 186 g/mol. The van der Waals surface area contributed by atoms with Crippen molar-refractivity contribution in [2.45, 2.75) is 6.92 Å². The molecule has 14 heavy (non-hydrogen) atoms. The summed E-state index contributed by atoms with van der Waals surface area (Å²) in [6, 6.07) is 7.72. The minimum atomic E-state index is 0.607. The van der Waals surface area contributed by atoms with Gasteiger partial charge in [0.15, 0.2) is 0 Å². The number of aldehydes is 1. The van der Waals surface area contributed by atoms with Crippen molar-refractivity contribution in [2.75, 3.05) is 0 Å². The minimum absolute atomic E-state index is 0.607. The third-order valence-corrected chi connectivity index (χ3v) is 2.12. The summed E-state index contributed by atoms with van der Waals surface area (Å²) in [7, 11) is 0. The van der Waals surface area contributed by atoms with E-state index < -0.39 is 0 Å². The van der Waals surface area contributed by atoms with Crippen molar-refractivity contribution in [1.82, 2.24) is 0 Å². The number of carbonyl (C=O) groups excluding carboxylic acids is 1. The van der Waals surface area contributed by atoms with E-state index in [0.717, 1.165) is 17.6 Å². The molecule has 1 aliphatic rings. The van der Waals surface area contributed by atoms with Gasteiger partial charge in [0.2, 0.25) is 0 Å². The Morgan fingerprint density at radius 1 is 1.29 bits per heavy atom. The minimum Gasteiger partial charge on any atom is -0.456 e. The van der Waals surface area contributed by atoms with E-state index >= 15 is 0 Å². The maximum Gasteiger partial charge on any atom is 0.149 e. The van der Waals surface area contributed by atoms with Crippen LogP contribution in [0.25, 0.3) is 6.08 Å². The Morgan fingerprint density at radius 2 is 2.07 bits per heavy atom. The number of fused-ring (bicyclic) bond motifs is 1. The number of carbonyl (C=O) groups is 1. The van der Waals surface area contributed by atoms with Gasteiger partial charge < -0.3 is 4.74 Å². The van der Waals surface area contributed by atoms with Crippen molar-refractivity contribution in [3.05, 3.63) is 47.2 Å². The molecule has 0 saturated heterocycles. The summed E-state index contributed by atoms with van der Waals surface area (Å²) in [6.45, 7) is 1.74. The van der Waals surface area contributed by atoms with E-state index in [1.54, 1.807) is 6.92 Å². The van der Waals surface area contributed by atoms with Gasteiger partial charge in [-0.2, -0.15) is 0 Å². The first-order valence-electron chi connectivity index (χ1n) is 4.42. The molecule has 0 unspecified atom stereocenters. The van der Waals surface area contributed by atoms with Crippen molar-refractivity contribution < 1.29 is 9.53 Å². The Labute approximate surface area is 82.5 Å². The molecule has 0 saturated carbocycles. The lowest BCUT2D eigenvalue weighted by molar-refractivity contribution is -0.105. The Balaban J connectivity index is 2.44. The lowest BCUT2D eigenvalue weighted by atomic mass is 10.1. The van der Waals surface area contributed by atoms with Crippen LogP contribution in [0.5, 0.6) is 5.75 Å². The molecule has 0 radical (unpaired) electrons. The van der Waals surface area contributed by atoms with Crippen LogP contribution >= 0.6 is 0 Å². The Bertz CT molecular complexity index is 428. The molecule has 0 fully saturated rings. The number of ether oxygens (including phenoxy) is 1. The zero-order valence-corrected chi connectivity index (χ0v) is 7.86. The predicted molar refractivity (Wildman–Crippen MR) is 54.9 cm³/mol. The first-order chi connectivity index (χ1) is 6.81. The molecular formula is C12H10O2. The molecule has 0 spiro atoms. The van der Waals surface area contributed by atoms with Crippen LogP contribution in [-0.2, 0) is 4.79 Å². The van der Waals surface area contributed by atoms with Gasteiger partial charge in [0.25, 0.3) is 0 Å². The van der Waals surface area contributed by atoms with Gasteiger partial charge in [0, 0.05) is 11.1 Å². The fraction of sp³-hybridized carbons (Fsp3) is 0.0833. The SMILES string of the molecule is CC(C=O)=C1C=Cc2ccccc2O1. The molecule has 1 heterocycles. The van der Waals surface area contributed by atoms with Gasteiger partial charge in [-0.15, -0.1) is 0 Å². The third kappa shape index (κ3) is 1.46. The number of benzene rings is 1. The second kappa shape index (κ2) is 3.50. The van der Waals surface area contributed by atoms with E-state index in [0.29, 0.717) is 11.3 Å². The molecule has 0 aliphatic carbocycles. The number of hydrogen-bond donors (Lipinski definition) is 0. The van der Waals surface area contributed by atoms with Crippen molar-refractivity contribution in [1.29, 1.82) is 0 Å². The quantitative estimate of drug-likeness (QED) is 0.497. The highest BCUT2D eigenvalue weighted by Crippen LogP contribution is 2.27. The second-order valence-electron chi connectivity index (χ2n) is 3.14. The van der Waals surface area contributed by atoms with Gasteiger partial charge in [-0.05, 0) is 25.1 Å². The molecule has 1 aromatic rings. The van der Waals surface area contributed by atoms with Gasteiger partial charge in [-0.3, -0.25) is 4.79 Å². The summed E-state index contributed by atoms with van der Waals surface area (Å²) >= 11 is 0. The standard InChI is InChI=1S/C12H10O2/c1-9(8-13)11-7-6-10-4-2-3-5-12(10)14-11/h2-8H,1H3. The molecule has 1 aromatic carbocycles. The summed E-state index contributed by atoms with van der Waals surface area (Å²) in [6.07, 6.45) is 4.56. The van der Waals surface area contributed by atoms with Crippen LogP contribution in [0.1, 0.15) is 12.5 Å². The van der Waals surface area contributed by atoms with Gasteiger partial charge >= 0.3 is 0 Å². The molecule has 0 amide bonds. The first-order valence-corrected chi connectivity index (χ1v) is 4.42. The molecule has 0 atom stereocenters. The van der Waals surface area contributed by atoms with Crippen molar-refractivity contribution in [2.24, 2.45) is 0 Å². The molecule has 70 valence electrons. The first kappa shape index (κ1) is 8.75. The smallest absolute Gasteiger partial charge is 0.149 e. The van der Waals surface area contributed by atoms with Gasteiger partial charge in [-0.25, -0.2) is 0 Å². The molecule has 0 aromatic heterocycles. The predicted octanol–water partition coefficient (Wildman–Crippen LogP) is 2.57. The summed E-state index contributed by atoms with van der Waals surface area (Å²) in [5, 5.41) is 0. The second-order valence-corrected chi connectivity index (χ2v) is 3.14. The third-order valence-electron chi connectivity index (χ3n) is 2.12. The summed E-state index contributed by atoms with van der Waals surface area (Å²) in [4.78, 5) is 10.5. The fourth-order valence-corrected chi connectivity index (χ4v) is 1.30. The maximum atomic E-state index is 10.5. The van der Waals surface area contributed by atoms with Crippen molar-refractivity contribution >= 4 is 12.4 Å². The van der Waals surface area contributed by atoms with E-state index in [1.807, 2.05) is 36.4 Å². The fourth-order valence-electron chi connectivity index (χ4n) is 1.30. The van der Waals surface area contributed by atoms with Gasteiger partial charge in [0.1, 0.15) is 17.8 Å². The summed E-state index contributed by atoms with van der Waals surface area (Å²) in [5.74, 6) is 1.42. The molecule has 2 rings (SSSR count). The van der Waals surface area contributed by atoms with E-state index in [1.165, 1.54) is 0 Å². The Kier molecular flexibility index (Phi) is 2.19. The van der Waals surface area contributed by atoms with E-state index in [4.69, 9.17) is 4.74 Å². The van der Waals surface area contributed by atoms with E-state index in [9.17, 15) is 4.79 Å². The monoisotopic (exact) mass is 186 g/mol. The molecule has 2 nitrogen and oxygen atoms in total. The van der Waals surface area contributed by atoms with Crippen molar-refractivity contribution in [3.63, 3.8) is 0 Å². The molecule has 2 heteroatoms. The van der Waals surface area contributed by atoms with Crippen LogP contribution < -0.4 is 4.74 Å². The topological polar surface area (TPSA) is 26.3 Å². The summed E-state index contributed by atoms with van der Waals surface area (Å²) < 4.78 is 5.55. The molecule has 1 aliphatic heterocycles. The highest BCUT2D eigenvalue weighted by molar-refractivity contribution is 5.76. The normalized spacial score (nSPS) is 16.9. The average Bonchev–Trinajstić information content (AvgIpc) is 2.27. The van der Waals surface area contributed by atoms with Crippen LogP contribution in [0.3, 0.4) is 0 Å². The largest absolute Gasteiger partial charge is 0.456 e. The number of allylic oxidation sites excluding steroid dienone is 2. The highest BCUT2D eigenvalue weighted by atomic mass is 16.5. The Hall–Kier alpha value is -1.83. The van der Waals surface area contributed by atoms with E-state index in [-0.39, 0.29) is 0 Å². The Morgan fingerprint density at radius 3 is 2.86 bits per heavy atom. The van der Waals surface area contributed by atoms with Gasteiger partial charge in [-0.1, -0.05) is 18.2 Å². The molecule has 0 N–H and O–H groups in total. The van der Waals surface area contributed by atoms with E-state index in [2.05, 4.69) is 0 Å². The van der Waals surface area contributed by atoms with Crippen LogP contribution in [0.2, 0.25) is 0 Å². The van der Waals surface area contributed by atoms with Crippen LogP contribution in [-0.4, -0.2) is 6.29 Å². The maximum absolute atomic E-state index is 10.5. The number of para-hydroxylation sites is 1. The zero-order valence-electron chi connectivity index (χ0n) is 7.86. The lowest BCUT2D eigenvalue weighted by Gasteiger charge is -2.14. The zero-order chi connectivity index (χ0) is 9.97. The number of rotatable bonds is 1. The van der Waals surface area contributed by atoms with Crippen LogP contribution in [0.4, 0.5) is 0 Å². The molecular weight excluding hydrogens is 176 g/mol. The van der Waals surface area contributed by atoms with Gasteiger partial charge in [0.05, 0.1) is 0 Å². The van der Waals surface area contributed by atoms with Crippen molar-refractivity contribution in [3.8, 4) is 5.75 Å². The summed E-state index contributed by atoms with van der Waals surface area (Å²) in [5.41, 5.74) is 1.64. The van der Waals surface area contributed by atoms with Crippen LogP contribution in [0, 0.1) is 0 Å². The highest BCUT2D eigenvalue weighted by Gasteiger charge is 2.09.